The lowest BCUT2D eigenvalue weighted by Gasteiger charge is -2.11. The second-order valence-electron chi connectivity index (χ2n) is 10.2. The number of rotatable bonds is 4. The third-order valence-corrected chi connectivity index (χ3v) is 7.43. The van der Waals surface area contributed by atoms with Crippen LogP contribution in [0.1, 0.15) is 48.8 Å². The fourth-order valence-electron chi connectivity index (χ4n) is 5.32. The lowest BCUT2D eigenvalue weighted by Crippen LogP contribution is -2.31. The highest BCUT2D eigenvalue weighted by Gasteiger charge is 2.24. The van der Waals surface area contributed by atoms with E-state index in [9.17, 15) is 5.26 Å². The van der Waals surface area contributed by atoms with E-state index in [2.05, 4.69) is 6.07 Å². The monoisotopic (exact) mass is 512 g/mol. The zero-order valence-corrected chi connectivity index (χ0v) is 22.4. The molecule has 0 spiro atoms. The Morgan fingerprint density at radius 2 is 1.62 bits per heavy atom. The van der Waals surface area contributed by atoms with Gasteiger partial charge in [0.25, 0.3) is 0 Å². The third-order valence-electron chi connectivity index (χ3n) is 7.43. The van der Waals surface area contributed by atoms with Crippen molar-refractivity contribution in [1.82, 2.24) is 0 Å². The molecule has 3 heteroatoms. The molecule has 0 atom stereocenters. The number of pyridine rings is 1. The Bertz CT molecular complexity index is 2130. The Hall–Kier alpha value is -4.68. The summed E-state index contributed by atoms with van der Waals surface area (Å²) in [6.45, 7) is 3.19. The van der Waals surface area contributed by atoms with Gasteiger partial charge in [0.1, 0.15) is 19.6 Å². The van der Waals surface area contributed by atoms with Gasteiger partial charge in [-0.05, 0) is 65.2 Å². The number of furan rings is 1. The zero-order valence-electron chi connectivity index (χ0n) is 27.4. The number of nitrogens with zero attached hydrogens (tertiary/aromatic N) is 2. The summed E-state index contributed by atoms with van der Waals surface area (Å²) in [6.07, 6.45) is 0.272. The largest absolute Gasteiger partial charge is 0.454 e. The van der Waals surface area contributed by atoms with Gasteiger partial charge in [-0.1, -0.05) is 74.5 Å². The van der Waals surface area contributed by atoms with Crippen LogP contribution in [0.3, 0.4) is 0 Å². The molecule has 190 valence electrons. The van der Waals surface area contributed by atoms with Crippen molar-refractivity contribution in [2.75, 3.05) is 0 Å². The molecule has 0 radical (unpaired) electrons. The van der Waals surface area contributed by atoms with Gasteiger partial charge >= 0.3 is 0 Å². The summed E-state index contributed by atoms with van der Waals surface area (Å²) in [5.41, 5.74) is 7.36. The average Bonchev–Trinajstić information content (AvgIpc) is 3.36. The number of hydrogen-bond acceptors (Lipinski definition) is 2. The molecule has 0 amide bonds. The van der Waals surface area contributed by atoms with Crippen LogP contribution in [0.15, 0.2) is 95.5 Å². The molecule has 6 aromatic rings. The van der Waals surface area contributed by atoms with Crippen molar-refractivity contribution in [3.05, 3.63) is 113 Å². The molecule has 2 aromatic heterocycles. The van der Waals surface area contributed by atoms with E-state index in [1.165, 1.54) is 0 Å². The minimum absolute atomic E-state index is 0.194. The first-order chi connectivity index (χ1) is 20.8. The van der Waals surface area contributed by atoms with Crippen molar-refractivity contribution >= 4 is 21.9 Å². The van der Waals surface area contributed by atoms with Crippen LogP contribution < -0.4 is 4.57 Å². The van der Waals surface area contributed by atoms with Gasteiger partial charge in [0, 0.05) is 34.0 Å². The van der Waals surface area contributed by atoms with Crippen molar-refractivity contribution in [2.24, 2.45) is 7.05 Å². The quantitative estimate of drug-likeness (QED) is 0.221. The Balaban J connectivity index is 1.67. The molecule has 0 aliphatic carbocycles. The summed E-state index contributed by atoms with van der Waals surface area (Å²) < 4.78 is 50.7. The second kappa shape index (κ2) is 9.57. The predicted octanol–water partition coefficient (Wildman–Crippen LogP) is 9.02. The maximum absolute atomic E-state index is 10.2. The Kier molecular flexibility index (Phi) is 4.76. The van der Waals surface area contributed by atoms with Crippen LogP contribution in [-0.2, 0) is 7.05 Å². The van der Waals surface area contributed by atoms with Gasteiger partial charge in [0.15, 0.2) is 6.17 Å². The molecule has 0 fully saturated rings. The predicted molar refractivity (Wildman–Crippen MR) is 159 cm³/mol. The number of hydrogen-bond donors (Lipinski definition) is 0. The molecular formula is C36H31N2O+. The van der Waals surface area contributed by atoms with E-state index >= 15 is 0 Å². The number of aryl methyl sites for hydroxylation is 2. The molecule has 0 unspecified atom stereocenters. The number of nitriles is 1. The van der Waals surface area contributed by atoms with Crippen molar-refractivity contribution in [3.8, 4) is 39.6 Å². The molecule has 4 aromatic carbocycles. The SMILES string of the molecule is [2H]c1cc(C([2H])(C)C)cc(-c2c(C)ccc3c2oc2c(-c4ccc(-c5ccccc5)c(C([2H])([2H])[2H])c4)c(C#N)ccc23)[n+]1C. The van der Waals surface area contributed by atoms with Gasteiger partial charge in [-0.25, -0.2) is 4.57 Å². The summed E-state index contributed by atoms with van der Waals surface area (Å²) in [5.74, 6) is -0.907. The van der Waals surface area contributed by atoms with Crippen LogP contribution in [0, 0.1) is 25.1 Å². The molecule has 0 aliphatic heterocycles. The third kappa shape index (κ3) is 4.10. The molecule has 0 N–H and O–H groups in total. The highest BCUT2D eigenvalue weighted by Crippen LogP contribution is 2.42. The maximum Gasteiger partial charge on any atom is 0.216 e. The van der Waals surface area contributed by atoms with E-state index in [1.54, 1.807) is 42.7 Å². The normalized spacial score (nSPS) is 13.9. The summed E-state index contributed by atoms with van der Waals surface area (Å²) in [6, 6.07) is 28.2. The highest BCUT2D eigenvalue weighted by molar-refractivity contribution is 6.14. The van der Waals surface area contributed by atoms with Gasteiger partial charge < -0.3 is 4.42 Å². The Labute approximate surface area is 236 Å². The number of fused-ring (bicyclic) bond motifs is 3. The van der Waals surface area contributed by atoms with Crippen molar-refractivity contribution in [1.29, 1.82) is 5.26 Å². The zero-order chi connectivity index (χ0) is 31.6. The lowest BCUT2D eigenvalue weighted by molar-refractivity contribution is -0.660. The van der Waals surface area contributed by atoms with Crippen LogP contribution in [0.4, 0.5) is 0 Å². The second-order valence-corrected chi connectivity index (χ2v) is 10.2. The first-order valence-corrected chi connectivity index (χ1v) is 12.9. The van der Waals surface area contributed by atoms with Crippen LogP contribution in [0.5, 0.6) is 0 Å². The summed E-state index contributed by atoms with van der Waals surface area (Å²) in [5, 5.41) is 11.8. The van der Waals surface area contributed by atoms with Crippen molar-refractivity contribution < 1.29 is 15.8 Å². The molecule has 2 heterocycles. The molecule has 0 bridgehead atoms. The molecule has 0 aliphatic rings. The number of benzene rings is 4. The topological polar surface area (TPSA) is 40.8 Å². The van der Waals surface area contributed by atoms with Crippen molar-refractivity contribution in [2.45, 2.75) is 33.5 Å². The Morgan fingerprint density at radius 3 is 2.33 bits per heavy atom. The van der Waals surface area contributed by atoms with E-state index in [0.717, 1.165) is 33.2 Å². The molecule has 0 saturated carbocycles. The van der Waals surface area contributed by atoms with Crippen molar-refractivity contribution in [3.63, 3.8) is 0 Å². The number of aromatic nitrogens is 1. The highest BCUT2D eigenvalue weighted by atomic mass is 16.3. The molecular weight excluding hydrogens is 476 g/mol. The summed E-state index contributed by atoms with van der Waals surface area (Å²) >= 11 is 0. The summed E-state index contributed by atoms with van der Waals surface area (Å²) in [4.78, 5) is 0. The van der Waals surface area contributed by atoms with E-state index in [0.29, 0.717) is 39.0 Å². The maximum atomic E-state index is 10.2. The van der Waals surface area contributed by atoms with Gasteiger partial charge in [-0.2, -0.15) is 5.26 Å². The van der Waals surface area contributed by atoms with Gasteiger partial charge in [0.05, 0.1) is 17.2 Å². The van der Waals surface area contributed by atoms with Gasteiger partial charge in [0.2, 0.25) is 5.69 Å². The van der Waals surface area contributed by atoms with Crippen LogP contribution in [-0.4, -0.2) is 0 Å². The van der Waals surface area contributed by atoms with E-state index < -0.39 is 12.7 Å². The minimum atomic E-state index is -2.39. The smallest absolute Gasteiger partial charge is 0.216 e. The Morgan fingerprint density at radius 1 is 0.872 bits per heavy atom. The van der Waals surface area contributed by atoms with E-state index in [1.807, 2.05) is 74.6 Å². The summed E-state index contributed by atoms with van der Waals surface area (Å²) in [7, 11) is 1.82. The molecule has 3 nitrogen and oxygen atoms in total. The molecule has 6 rings (SSSR count). The molecule has 39 heavy (non-hydrogen) atoms. The first kappa shape index (κ1) is 19.4. The van der Waals surface area contributed by atoms with E-state index in [4.69, 9.17) is 11.3 Å². The van der Waals surface area contributed by atoms with Gasteiger partial charge in [-0.15, -0.1) is 0 Å². The fourth-order valence-corrected chi connectivity index (χ4v) is 5.32. The lowest BCUT2D eigenvalue weighted by atomic mass is 9.92. The average molecular weight is 513 g/mol. The first-order valence-electron chi connectivity index (χ1n) is 15.4. The van der Waals surface area contributed by atoms with Gasteiger partial charge in [-0.3, -0.25) is 0 Å². The fraction of sp³-hybridized carbons (Fsp3) is 0.167. The standard InChI is InChI=1S/C36H31N2O/c1-22(2)26-17-18-38(5)32(20-26)33-23(3)11-14-30-31-16-13-28(21-37)34(36(31)39-35(30)33)27-12-15-29(24(4)19-27)25-9-7-6-8-10-25/h6-20,22H,1-5H3/q+1/i4D3,18D,22D. The minimum Gasteiger partial charge on any atom is -0.454 e. The van der Waals surface area contributed by atoms with Crippen LogP contribution in [0.2, 0.25) is 0 Å². The van der Waals surface area contributed by atoms with E-state index in [-0.39, 0.29) is 11.7 Å². The van der Waals surface area contributed by atoms with Crippen LogP contribution in [0.25, 0.3) is 55.4 Å². The van der Waals surface area contributed by atoms with Crippen LogP contribution >= 0.6 is 0 Å². The molecule has 0 saturated heterocycles.